The zero-order chi connectivity index (χ0) is 15.7. The van der Waals surface area contributed by atoms with E-state index in [4.69, 9.17) is 0 Å². The first kappa shape index (κ1) is 14.1. The molecule has 0 saturated carbocycles. The second-order valence-corrected chi connectivity index (χ2v) is 5.34. The van der Waals surface area contributed by atoms with Crippen molar-refractivity contribution >= 4 is 10.9 Å². The number of hydrogen-bond donors (Lipinski definition) is 0. The first-order valence-electron chi connectivity index (χ1n) is 7.05. The van der Waals surface area contributed by atoms with Gasteiger partial charge in [-0.25, -0.2) is 4.79 Å². The van der Waals surface area contributed by atoms with Gasteiger partial charge in [-0.15, -0.1) is 0 Å². The highest BCUT2D eigenvalue weighted by atomic mass is 16.2. The maximum absolute atomic E-state index is 12.7. The van der Waals surface area contributed by atoms with E-state index >= 15 is 0 Å². The third kappa shape index (κ3) is 2.30. The molecule has 22 heavy (non-hydrogen) atoms. The molecule has 0 bridgehead atoms. The Labute approximate surface area is 127 Å². The smallest absolute Gasteiger partial charge is 0.312 e. The fraction of sp³-hybridized carbons (Fsp3) is 0.176. The topological polar surface area (TPSA) is 47.2 Å². The van der Waals surface area contributed by atoms with E-state index in [2.05, 4.69) is 0 Å². The van der Waals surface area contributed by atoms with E-state index in [-0.39, 0.29) is 11.2 Å². The zero-order valence-corrected chi connectivity index (χ0v) is 12.6. The van der Waals surface area contributed by atoms with Crippen LogP contribution in [-0.2, 0) is 6.54 Å². The van der Waals surface area contributed by atoms with Crippen LogP contribution in [0, 0.1) is 0 Å². The number of fused-ring (bicyclic) bond motifs is 1. The zero-order valence-electron chi connectivity index (χ0n) is 12.6. The van der Waals surface area contributed by atoms with Gasteiger partial charge in [-0.1, -0.05) is 42.5 Å². The molecular formula is C17H17N3O2. The van der Waals surface area contributed by atoms with Gasteiger partial charge < -0.3 is 5.01 Å². The van der Waals surface area contributed by atoms with Crippen LogP contribution in [0.4, 0.5) is 0 Å². The predicted molar refractivity (Wildman–Crippen MR) is 88.1 cm³/mol. The van der Waals surface area contributed by atoms with E-state index in [1.807, 2.05) is 36.4 Å². The number of nitrogens with zero attached hydrogens (tertiary/aromatic N) is 3. The van der Waals surface area contributed by atoms with Crippen molar-refractivity contribution in [1.29, 1.82) is 0 Å². The van der Waals surface area contributed by atoms with Gasteiger partial charge in [-0.05, 0) is 17.7 Å². The lowest BCUT2D eigenvalue weighted by atomic mass is 10.2. The molecule has 0 radical (unpaired) electrons. The van der Waals surface area contributed by atoms with Crippen LogP contribution in [0.5, 0.6) is 0 Å². The quantitative estimate of drug-likeness (QED) is 0.734. The molecule has 0 fully saturated rings. The van der Waals surface area contributed by atoms with Crippen LogP contribution in [0.2, 0.25) is 0 Å². The number of benzene rings is 2. The highest BCUT2D eigenvalue weighted by Crippen LogP contribution is 2.10. The summed E-state index contributed by atoms with van der Waals surface area (Å²) >= 11 is 0. The molecule has 0 spiro atoms. The van der Waals surface area contributed by atoms with Crippen molar-refractivity contribution in [3.63, 3.8) is 0 Å². The Morgan fingerprint density at radius 2 is 1.55 bits per heavy atom. The third-order valence-corrected chi connectivity index (χ3v) is 3.61. The molecular weight excluding hydrogens is 278 g/mol. The van der Waals surface area contributed by atoms with Gasteiger partial charge in [-0.2, -0.15) is 4.68 Å². The fourth-order valence-electron chi connectivity index (χ4n) is 2.58. The minimum absolute atomic E-state index is 0.296. The summed E-state index contributed by atoms with van der Waals surface area (Å²) < 4.78 is 2.79. The largest absolute Gasteiger partial charge is 0.350 e. The van der Waals surface area contributed by atoms with Crippen LogP contribution in [0.1, 0.15) is 5.56 Å². The Balaban J connectivity index is 2.33. The standard InChI is InChI=1S/C17H17N3O2/c1-18(2)20-16(21)14-10-6-7-11-15(14)19(17(20)22)12-13-8-4-3-5-9-13/h3-11H,12H2,1-2H3. The summed E-state index contributed by atoms with van der Waals surface area (Å²) in [5.41, 5.74) is 1.03. The van der Waals surface area contributed by atoms with E-state index in [9.17, 15) is 9.59 Å². The van der Waals surface area contributed by atoms with Crippen molar-refractivity contribution in [3.8, 4) is 0 Å². The molecule has 0 atom stereocenters. The van der Waals surface area contributed by atoms with Gasteiger partial charge in [0.1, 0.15) is 0 Å². The van der Waals surface area contributed by atoms with Gasteiger partial charge in [0.15, 0.2) is 0 Å². The Morgan fingerprint density at radius 1 is 0.909 bits per heavy atom. The molecule has 0 aliphatic heterocycles. The summed E-state index contributed by atoms with van der Waals surface area (Å²) in [7, 11) is 3.37. The molecule has 1 heterocycles. The number of para-hydroxylation sites is 1. The minimum atomic E-state index is -0.336. The maximum atomic E-state index is 12.7. The van der Waals surface area contributed by atoms with E-state index in [1.165, 1.54) is 5.01 Å². The molecule has 0 unspecified atom stereocenters. The van der Waals surface area contributed by atoms with Gasteiger partial charge in [0, 0.05) is 14.1 Å². The average Bonchev–Trinajstić information content (AvgIpc) is 2.52. The highest BCUT2D eigenvalue weighted by Gasteiger charge is 2.14. The van der Waals surface area contributed by atoms with Crippen molar-refractivity contribution in [3.05, 3.63) is 81.0 Å². The van der Waals surface area contributed by atoms with E-state index in [1.54, 1.807) is 36.9 Å². The first-order valence-corrected chi connectivity index (χ1v) is 7.05. The van der Waals surface area contributed by atoms with Crippen LogP contribution >= 0.6 is 0 Å². The summed E-state index contributed by atoms with van der Waals surface area (Å²) in [6.07, 6.45) is 0. The molecule has 0 amide bonds. The van der Waals surface area contributed by atoms with Gasteiger partial charge in [0.05, 0.1) is 17.4 Å². The number of aromatic nitrogens is 2. The van der Waals surface area contributed by atoms with E-state index in [0.29, 0.717) is 17.4 Å². The van der Waals surface area contributed by atoms with Crippen LogP contribution < -0.4 is 16.3 Å². The molecule has 112 valence electrons. The summed E-state index contributed by atoms with van der Waals surface area (Å²) in [6, 6.07) is 16.9. The third-order valence-electron chi connectivity index (χ3n) is 3.61. The molecule has 0 N–H and O–H groups in total. The van der Waals surface area contributed by atoms with Crippen molar-refractivity contribution in [1.82, 2.24) is 9.24 Å². The second kappa shape index (κ2) is 5.52. The van der Waals surface area contributed by atoms with Crippen LogP contribution in [0.25, 0.3) is 10.9 Å². The predicted octanol–water partition coefficient (Wildman–Crippen LogP) is 1.41. The number of rotatable bonds is 3. The Morgan fingerprint density at radius 3 is 2.23 bits per heavy atom. The van der Waals surface area contributed by atoms with Crippen LogP contribution in [-0.4, -0.2) is 23.3 Å². The minimum Gasteiger partial charge on any atom is -0.312 e. The van der Waals surface area contributed by atoms with Crippen LogP contribution in [0.3, 0.4) is 0 Å². The van der Waals surface area contributed by atoms with Crippen molar-refractivity contribution < 1.29 is 0 Å². The van der Waals surface area contributed by atoms with Crippen molar-refractivity contribution in [2.45, 2.75) is 6.54 Å². The van der Waals surface area contributed by atoms with Crippen molar-refractivity contribution in [2.75, 3.05) is 19.1 Å². The highest BCUT2D eigenvalue weighted by molar-refractivity contribution is 5.78. The van der Waals surface area contributed by atoms with Gasteiger partial charge in [-0.3, -0.25) is 9.36 Å². The Hall–Kier alpha value is -2.82. The van der Waals surface area contributed by atoms with Crippen molar-refractivity contribution in [2.24, 2.45) is 0 Å². The van der Waals surface area contributed by atoms with Crippen LogP contribution in [0.15, 0.2) is 64.2 Å². The molecule has 0 saturated heterocycles. The molecule has 0 aliphatic rings. The number of hydrogen-bond acceptors (Lipinski definition) is 3. The first-order chi connectivity index (χ1) is 10.6. The van der Waals surface area contributed by atoms with Gasteiger partial charge in [0.25, 0.3) is 5.56 Å². The summed E-state index contributed by atoms with van der Waals surface area (Å²) in [5, 5.41) is 2.05. The molecule has 0 aliphatic carbocycles. The molecule has 3 rings (SSSR count). The lowest BCUT2D eigenvalue weighted by Crippen LogP contribution is -2.49. The second-order valence-electron chi connectivity index (χ2n) is 5.34. The maximum Gasteiger partial charge on any atom is 0.350 e. The molecule has 5 nitrogen and oxygen atoms in total. The van der Waals surface area contributed by atoms with E-state index < -0.39 is 0 Å². The van der Waals surface area contributed by atoms with E-state index in [0.717, 1.165) is 10.2 Å². The summed E-state index contributed by atoms with van der Waals surface area (Å²) in [4.78, 5) is 25.2. The Bertz CT molecular complexity index is 924. The molecule has 3 aromatic rings. The lowest BCUT2D eigenvalue weighted by Gasteiger charge is -2.19. The average molecular weight is 295 g/mol. The molecule has 5 heteroatoms. The lowest BCUT2D eigenvalue weighted by molar-refractivity contribution is 0.606. The van der Waals surface area contributed by atoms with Gasteiger partial charge >= 0.3 is 5.69 Å². The normalized spacial score (nSPS) is 10.8. The molecule has 2 aromatic carbocycles. The Kier molecular flexibility index (Phi) is 3.55. The fourth-order valence-corrected chi connectivity index (χ4v) is 2.58. The summed E-state index contributed by atoms with van der Waals surface area (Å²) in [5.74, 6) is 0. The monoisotopic (exact) mass is 295 g/mol. The molecule has 1 aromatic heterocycles. The van der Waals surface area contributed by atoms with Gasteiger partial charge in [0.2, 0.25) is 0 Å². The SMILES string of the molecule is CN(C)n1c(=O)c2ccccc2n(Cc2ccccc2)c1=O. The summed E-state index contributed by atoms with van der Waals surface area (Å²) in [6.45, 7) is 0.425.